The zero-order chi connectivity index (χ0) is 20.8. The van der Waals surface area contributed by atoms with E-state index in [1.165, 1.54) is 4.90 Å². The Morgan fingerprint density at radius 1 is 0.833 bits per heavy atom. The number of hydrogen-bond donors (Lipinski definition) is 1. The van der Waals surface area contributed by atoms with E-state index in [-0.39, 0.29) is 17.9 Å². The Morgan fingerprint density at radius 3 is 2.23 bits per heavy atom. The molecule has 30 heavy (non-hydrogen) atoms. The number of amides is 2. The van der Waals surface area contributed by atoms with Gasteiger partial charge in [0, 0.05) is 13.1 Å². The molecular weight excluding hydrogens is 380 g/mol. The molecule has 0 saturated heterocycles. The normalized spacial score (nSPS) is 17.3. The van der Waals surface area contributed by atoms with Gasteiger partial charge in [0.25, 0.3) is 11.8 Å². The van der Waals surface area contributed by atoms with Gasteiger partial charge in [-0.05, 0) is 43.7 Å². The molecule has 1 N–H and O–H groups in total. The summed E-state index contributed by atoms with van der Waals surface area (Å²) >= 11 is 0. The highest BCUT2D eigenvalue weighted by atomic mass is 16.6. The van der Waals surface area contributed by atoms with E-state index < -0.39 is 0 Å². The first kappa shape index (κ1) is 20.4. The minimum atomic E-state index is -0.156. The van der Waals surface area contributed by atoms with Gasteiger partial charge in [-0.1, -0.05) is 43.5 Å². The molecule has 2 heterocycles. The molecule has 4 rings (SSSR count). The van der Waals surface area contributed by atoms with E-state index in [0.29, 0.717) is 24.3 Å². The molecule has 2 amide bonds. The number of carbonyl (C=O) groups excluding carboxylic acids is 2. The van der Waals surface area contributed by atoms with E-state index in [4.69, 9.17) is 9.47 Å². The molecule has 0 aliphatic carbocycles. The number of benzene rings is 2. The summed E-state index contributed by atoms with van der Waals surface area (Å²) in [5.74, 6) is 1.32. The van der Waals surface area contributed by atoms with Crippen molar-refractivity contribution in [2.24, 2.45) is 0 Å². The standard InChI is InChI=1S/C24H28N2O4/c27-23-19-10-4-5-11-20(19)24(28)26(23)15-9-3-1-2-8-14-25-16-18-17-29-21-12-6-7-13-22(21)30-18/h4-7,10-13,18,25H,1-3,8-9,14-17H2. The van der Waals surface area contributed by atoms with Gasteiger partial charge in [0.2, 0.25) is 0 Å². The second kappa shape index (κ2) is 9.76. The largest absolute Gasteiger partial charge is 0.486 e. The molecule has 0 radical (unpaired) electrons. The summed E-state index contributed by atoms with van der Waals surface area (Å²) in [5.41, 5.74) is 1.06. The molecule has 0 saturated carbocycles. The van der Waals surface area contributed by atoms with Gasteiger partial charge in [-0.15, -0.1) is 0 Å². The first-order valence-electron chi connectivity index (χ1n) is 10.8. The number of rotatable bonds is 10. The third-order valence-corrected chi connectivity index (χ3v) is 5.55. The molecule has 2 aliphatic heterocycles. The second-order valence-corrected chi connectivity index (χ2v) is 7.78. The monoisotopic (exact) mass is 408 g/mol. The van der Waals surface area contributed by atoms with Crippen molar-refractivity contribution in [2.75, 3.05) is 26.2 Å². The van der Waals surface area contributed by atoms with E-state index in [9.17, 15) is 9.59 Å². The zero-order valence-corrected chi connectivity index (χ0v) is 17.1. The highest BCUT2D eigenvalue weighted by Crippen LogP contribution is 2.30. The van der Waals surface area contributed by atoms with Gasteiger partial charge in [0.1, 0.15) is 12.7 Å². The van der Waals surface area contributed by atoms with Crippen LogP contribution < -0.4 is 14.8 Å². The summed E-state index contributed by atoms with van der Waals surface area (Å²) < 4.78 is 11.7. The van der Waals surface area contributed by atoms with Gasteiger partial charge in [-0.2, -0.15) is 0 Å². The number of ether oxygens (including phenoxy) is 2. The third-order valence-electron chi connectivity index (χ3n) is 5.55. The van der Waals surface area contributed by atoms with Crippen LogP contribution in [0.5, 0.6) is 11.5 Å². The predicted molar refractivity (Wildman–Crippen MR) is 114 cm³/mol. The lowest BCUT2D eigenvalue weighted by Crippen LogP contribution is -2.38. The van der Waals surface area contributed by atoms with Crippen molar-refractivity contribution in [3.8, 4) is 11.5 Å². The molecule has 6 nitrogen and oxygen atoms in total. The molecule has 0 fully saturated rings. The fraction of sp³-hybridized carbons (Fsp3) is 0.417. The van der Waals surface area contributed by atoms with Crippen LogP contribution >= 0.6 is 0 Å². The Balaban J connectivity index is 1.04. The predicted octanol–water partition coefficient (Wildman–Crippen LogP) is 3.66. The number of nitrogens with zero attached hydrogens (tertiary/aromatic N) is 1. The summed E-state index contributed by atoms with van der Waals surface area (Å²) in [6, 6.07) is 14.8. The van der Waals surface area contributed by atoms with Crippen molar-refractivity contribution in [1.29, 1.82) is 0 Å². The van der Waals surface area contributed by atoms with Crippen LogP contribution in [0.15, 0.2) is 48.5 Å². The number of para-hydroxylation sites is 2. The number of hydrogen-bond acceptors (Lipinski definition) is 5. The Labute approximate surface area is 177 Å². The molecule has 1 unspecified atom stereocenters. The third kappa shape index (κ3) is 4.65. The first-order chi connectivity index (χ1) is 14.7. The molecule has 2 aliphatic rings. The van der Waals surface area contributed by atoms with Crippen LogP contribution in [0.2, 0.25) is 0 Å². The highest BCUT2D eigenvalue weighted by molar-refractivity contribution is 6.21. The van der Waals surface area contributed by atoms with Crippen LogP contribution in [-0.2, 0) is 0 Å². The van der Waals surface area contributed by atoms with Crippen molar-refractivity contribution < 1.29 is 19.1 Å². The van der Waals surface area contributed by atoms with Crippen molar-refractivity contribution in [3.63, 3.8) is 0 Å². The lowest BCUT2D eigenvalue weighted by atomic mass is 10.1. The van der Waals surface area contributed by atoms with Gasteiger partial charge in [0.15, 0.2) is 11.5 Å². The number of nitrogens with one attached hydrogen (secondary N) is 1. The van der Waals surface area contributed by atoms with E-state index in [1.54, 1.807) is 24.3 Å². The fourth-order valence-electron chi connectivity index (χ4n) is 3.92. The summed E-state index contributed by atoms with van der Waals surface area (Å²) in [6.07, 6.45) is 5.23. The SMILES string of the molecule is O=C1c2ccccc2C(=O)N1CCCCCCCNCC1COc2ccccc2O1. The zero-order valence-electron chi connectivity index (χ0n) is 17.1. The average Bonchev–Trinajstić information content (AvgIpc) is 3.02. The van der Waals surface area contributed by atoms with Crippen molar-refractivity contribution in [1.82, 2.24) is 10.2 Å². The molecule has 0 bridgehead atoms. The number of unbranched alkanes of at least 4 members (excludes halogenated alkanes) is 4. The van der Waals surface area contributed by atoms with Crippen LogP contribution in [-0.4, -0.2) is 49.1 Å². The van der Waals surface area contributed by atoms with Crippen LogP contribution in [0.25, 0.3) is 0 Å². The first-order valence-corrected chi connectivity index (χ1v) is 10.8. The molecule has 2 aromatic carbocycles. The summed E-state index contributed by atoms with van der Waals surface area (Å²) in [6.45, 7) is 2.79. The minimum absolute atomic E-state index is 0.0413. The van der Waals surface area contributed by atoms with Gasteiger partial charge in [-0.3, -0.25) is 14.5 Å². The minimum Gasteiger partial charge on any atom is -0.486 e. The lowest BCUT2D eigenvalue weighted by Gasteiger charge is -2.26. The van der Waals surface area contributed by atoms with E-state index in [2.05, 4.69) is 5.32 Å². The molecule has 0 aromatic heterocycles. The van der Waals surface area contributed by atoms with Crippen molar-refractivity contribution in [3.05, 3.63) is 59.7 Å². The maximum absolute atomic E-state index is 12.3. The lowest BCUT2D eigenvalue weighted by molar-refractivity contribution is 0.0651. The number of imide groups is 1. The summed E-state index contributed by atoms with van der Waals surface area (Å²) in [7, 11) is 0. The second-order valence-electron chi connectivity index (χ2n) is 7.78. The Kier molecular flexibility index (Phi) is 6.64. The summed E-state index contributed by atoms with van der Waals surface area (Å²) in [5, 5.41) is 3.44. The maximum Gasteiger partial charge on any atom is 0.261 e. The molecule has 2 aromatic rings. The van der Waals surface area contributed by atoms with Crippen molar-refractivity contribution in [2.45, 2.75) is 38.2 Å². The van der Waals surface area contributed by atoms with Crippen LogP contribution in [0.4, 0.5) is 0 Å². The topological polar surface area (TPSA) is 67.9 Å². The molecule has 1 atom stereocenters. The molecular formula is C24H28N2O4. The van der Waals surface area contributed by atoms with Crippen LogP contribution in [0.3, 0.4) is 0 Å². The highest BCUT2D eigenvalue weighted by Gasteiger charge is 2.34. The molecule has 0 spiro atoms. The van der Waals surface area contributed by atoms with E-state index >= 15 is 0 Å². The molecule has 158 valence electrons. The van der Waals surface area contributed by atoms with Gasteiger partial charge in [0.05, 0.1) is 11.1 Å². The Morgan fingerprint density at radius 2 is 1.47 bits per heavy atom. The van der Waals surface area contributed by atoms with Gasteiger partial charge in [-0.25, -0.2) is 0 Å². The molecule has 6 heteroatoms. The van der Waals surface area contributed by atoms with Gasteiger partial charge >= 0.3 is 0 Å². The van der Waals surface area contributed by atoms with Crippen LogP contribution in [0, 0.1) is 0 Å². The summed E-state index contributed by atoms with van der Waals surface area (Å²) in [4.78, 5) is 26.0. The Hall–Kier alpha value is -2.86. The van der Waals surface area contributed by atoms with E-state index in [1.807, 2.05) is 24.3 Å². The number of fused-ring (bicyclic) bond motifs is 2. The fourth-order valence-corrected chi connectivity index (χ4v) is 3.92. The van der Waals surface area contributed by atoms with Crippen molar-refractivity contribution >= 4 is 11.8 Å². The average molecular weight is 408 g/mol. The van der Waals surface area contributed by atoms with Crippen LogP contribution in [0.1, 0.15) is 52.8 Å². The van der Waals surface area contributed by atoms with E-state index in [0.717, 1.165) is 56.7 Å². The maximum atomic E-state index is 12.3. The quantitative estimate of drug-likeness (QED) is 0.480. The smallest absolute Gasteiger partial charge is 0.261 e. The van der Waals surface area contributed by atoms with Gasteiger partial charge < -0.3 is 14.8 Å². The number of carbonyl (C=O) groups is 2. The Bertz CT molecular complexity index is 863.